The van der Waals surface area contributed by atoms with Gasteiger partial charge in [0.05, 0.1) is 6.61 Å². The second-order valence-corrected chi connectivity index (χ2v) is 5.95. The average Bonchev–Trinajstić information content (AvgIpc) is 2.19. The van der Waals surface area contributed by atoms with E-state index in [1.165, 1.54) is 0 Å². The van der Waals surface area contributed by atoms with Crippen LogP contribution in [0.5, 0.6) is 0 Å². The van der Waals surface area contributed by atoms with Crippen molar-refractivity contribution in [3.05, 3.63) is 0 Å². The van der Waals surface area contributed by atoms with Crippen molar-refractivity contribution in [1.82, 2.24) is 9.76 Å². The van der Waals surface area contributed by atoms with Crippen LogP contribution in [0.1, 0.15) is 6.42 Å². The van der Waals surface area contributed by atoms with Gasteiger partial charge in [0, 0.05) is 31.4 Å². The predicted molar refractivity (Wildman–Crippen MR) is 64.3 cm³/mol. The number of rotatable bonds is 5. The number of halogens is 2. The Hall–Kier alpha value is 0.810. The largest absolute Gasteiger partial charge is 0.412 e. The van der Waals surface area contributed by atoms with E-state index in [1.807, 2.05) is 4.67 Å². The van der Waals surface area contributed by atoms with Crippen molar-refractivity contribution in [2.24, 2.45) is 0 Å². The third-order valence-electron chi connectivity index (χ3n) is 1.98. The monoisotopic (exact) mass is 279 g/mol. The summed E-state index contributed by atoms with van der Waals surface area (Å²) in [5.41, 5.74) is 0. The highest BCUT2D eigenvalue weighted by Gasteiger charge is 2.35. The maximum atomic E-state index is 10.2. The fraction of sp³-hybridized carbons (Fsp3) is 1.00. The first-order chi connectivity index (χ1) is 6.73. The van der Waals surface area contributed by atoms with Gasteiger partial charge in [0.1, 0.15) is 0 Å². The first-order valence-corrected chi connectivity index (χ1v) is 7.30. The Morgan fingerprint density at radius 1 is 1.33 bits per heavy atom. The van der Waals surface area contributed by atoms with Crippen molar-refractivity contribution >= 4 is 31.2 Å². The third-order valence-corrected chi connectivity index (χ3v) is 4.66. The van der Waals surface area contributed by atoms with Gasteiger partial charge < -0.3 is 14.9 Å². The Bertz CT molecular complexity index is 166. The van der Waals surface area contributed by atoms with Gasteiger partial charge in [0.15, 0.2) is 0 Å². The number of hydrogen-bond acceptors (Lipinski definition) is 4. The zero-order valence-electron chi connectivity index (χ0n) is 8.46. The van der Waals surface area contributed by atoms with Crippen LogP contribution in [0.15, 0.2) is 0 Å². The van der Waals surface area contributed by atoms with Gasteiger partial charge in [0.2, 0.25) is 8.02 Å². The number of nitrogens with one attached hydrogen (secondary N) is 1. The molecule has 0 aromatic heterocycles. The van der Waals surface area contributed by atoms with Crippen LogP contribution >= 0.6 is 31.2 Å². The summed E-state index contributed by atoms with van der Waals surface area (Å²) in [4.78, 5) is 10.2. The fourth-order valence-corrected chi connectivity index (χ4v) is 3.97. The van der Waals surface area contributed by atoms with Crippen LogP contribution in [-0.2, 0) is 4.52 Å². The van der Waals surface area contributed by atoms with E-state index in [-0.39, 0.29) is 5.48 Å². The normalized spacial score (nSPS) is 26.4. The molecule has 1 aliphatic heterocycles. The van der Waals surface area contributed by atoms with E-state index in [0.717, 1.165) is 13.0 Å². The molecule has 1 radical (unpaired) electrons. The van der Waals surface area contributed by atoms with Gasteiger partial charge in [-0.2, -0.15) is 0 Å². The van der Waals surface area contributed by atoms with Gasteiger partial charge in [-0.3, -0.25) is 0 Å². The number of hydrogen-bond donors (Lipinski definition) is 2. The maximum Gasteiger partial charge on any atom is 0.243 e. The summed E-state index contributed by atoms with van der Waals surface area (Å²) in [5, 5.41) is 3.02. The average molecular weight is 280 g/mol. The summed E-state index contributed by atoms with van der Waals surface area (Å²) >= 11 is 11.3. The molecule has 0 spiro atoms. The smallest absolute Gasteiger partial charge is 0.243 e. The van der Waals surface area contributed by atoms with Crippen molar-refractivity contribution in [3.8, 4) is 0 Å². The lowest BCUT2D eigenvalue weighted by molar-refractivity contribution is 0.204. The van der Waals surface area contributed by atoms with Gasteiger partial charge in [-0.05, 0) is 6.42 Å². The van der Waals surface area contributed by atoms with Crippen molar-refractivity contribution in [1.29, 1.82) is 0 Å². The molecule has 1 heterocycles. The summed E-state index contributed by atoms with van der Waals surface area (Å²) in [6, 6.07) is 0. The van der Waals surface area contributed by atoms with Crippen LogP contribution in [0, 0.1) is 0 Å². The van der Waals surface area contributed by atoms with Gasteiger partial charge in [-0.25, -0.2) is 9.76 Å². The fourth-order valence-electron chi connectivity index (χ4n) is 1.29. The molecule has 15 heavy (non-hydrogen) atoms. The highest BCUT2D eigenvalue weighted by Crippen LogP contribution is 2.56. The summed E-state index contributed by atoms with van der Waals surface area (Å²) in [6.07, 6.45) is 0.928. The number of alkyl halides is 2. The van der Waals surface area contributed by atoms with E-state index in [4.69, 9.17) is 27.7 Å². The molecule has 5 nitrogen and oxygen atoms in total. The molecule has 0 aromatic rings. The molecule has 0 amide bonds. The van der Waals surface area contributed by atoms with Crippen molar-refractivity contribution < 1.29 is 14.9 Å². The van der Waals surface area contributed by atoms with Crippen LogP contribution < -0.4 is 5.09 Å². The van der Waals surface area contributed by atoms with E-state index < -0.39 is 8.02 Å². The maximum absolute atomic E-state index is 10.2. The molecule has 0 saturated carbocycles. The Morgan fingerprint density at radius 3 is 2.33 bits per heavy atom. The number of nitrogens with zero attached hydrogens (tertiary/aromatic N) is 1. The summed E-state index contributed by atoms with van der Waals surface area (Å²) in [5.74, 6) is 0.925. The lowest BCUT2D eigenvalue weighted by Gasteiger charge is -2.42. The molecule has 0 aliphatic carbocycles. The summed E-state index contributed by atoms with van der Waals surface area (Å²) in [6.45, 7) is 2.56. The quantitative estimate of drug-likeness (QED) is 0.572. The molecule has 0 bridgehead atoms. The molecule has 1 fully saturated rings. The molecule has 1 atom stereocenters. The van der Waals surface area contributed by atoms with Crippen molar-refractivity contribution in [2.75, 3.05) is 38.0 Å². The van der Waals surface area contributed by atoms with Gasteiger partial charge >= 0.3 is 0 Å². The Labute approximate surface area is 101 Å². The van der Waals surface area contributed by atoms with E-state index in [2.05, 4.69) is 5.09 Å². The van der Waals surface area contributed by atoms with E-state index in [0.29, 0.717) is 31.5 Å². The molecule has 1 aliphatic rings. The topological polar surface area (TPSA) is 76.2 Å². The summed E-state index contributed by atoms with van der Waals surface area (Å²) in [7, 11) is -2.59. The minimum atomic E-state index is -2.59. The minimum absolute atomic E-state index is 0. The second kappa shape index (κ2) is 7.98. The molecule has 1 unspecified atom stereocenters. The van der Waals surface area contributed by atoms with Crippen LogP contribution in [-0.4, -0.2) is 53.0 Å². The molecule has 1 rings (SSSR count). The third kappa shape index (κ3) is 4.67. The second-order valence-electron chi connectivity index (χ2n) is 2.97. The van der Waals surface area contributed by atoms with Gasteiger partial charge in [0.25, 0.3) is 0 Å². The van der Waals surface area contributed by atoms with Crippen LogP contribution in [0.3, 0.4) is 0 Å². The molecule has 8 heteroatoms. The van der Waals surface area contributed by atoms with Crippen LogP contribution in [0.2, 0.25) is 0 Å². The van der Waals surface area contributed by atoms with Crippen molar-refractivity contribution in [3.63, 3.8) is 0 Å². The summed E-state index contributed by atoms with van der Waals surface area (Å²) < 4.78 is 7.21. The first kappa shape index (κ1) is 15.8. The lowest BCUT2D eigenvalue weighted by Crippen LogP contribution is -2.39. The zero-order valence-corrected chi connectivity index (χ0v) is 10.9. The lowest BCUT2D eigenvalue weighted by atomic mass is 10.5. The Kier molecular flexibility index (Phi) is 8.41. The molecule has 93 valence electrons. The van der Waals surface area contributed by atoms with Gasteiger partial charge in [-0.1, -0.05) is 0 Å². The van der Waals surface area contributed by atoms with Gasteiger partial charge in [-0.15, -0.1) is 23.2 Å². The first-order valence-electron chi connectivity index (χ1n) is 4.62. The molecule has 1 saturated heterocycles. The predicted octanol–water partition coefficient (Wildman–Crippen LogP) is 0.621. The van der Waals surface area contributed by atoms with E-state index in [1.54, 1.807) is 0 Å². The molecular formula is C7H18Cl2N2O3P. The highest BCUT2D eigenvalue weighted by molar-refractivity contribution is 7.61. The molecular weight excluding hydrogens is 262 g/mol. The highest BCUT2D eigenvalue weighted by atomic mass is 35.5. The standard InChI is InChI=1S/C7H16Cl2N2O2P.H2O/c8-2-5-11(6-3-9)14(12)10-4-1-7-13-14;/h10,12H,1-7H2;1H2. The minimum Gasteiger partial charge on any atom is -0.412 e. The van der Waals surface area contributed by atoms with E-state index >= 15 is 0 Å². The van der Waals surface area contributed by atoms with Crippen LogP contribution in [0.25, 0.3) is 0 Å². The zero-order chi connectivity index (χ0) is 10.4. The SMILES string of the molecule is O.O[P]1(N(CCCl)CCCl)NCCCO1. The Balaban J connectivity index is 0.00000196. The van der Waals surface area contributed by atoms with E-state index in [9.17, 15) is 4.89 Å². The molecule has 0 aromatic carbocycles. The van der Waals surface area contributed by atoms with Crippen molar-refractivity contribution in [2.45, 2.75) is 6.42 Å². The van der Waals surface area contributed by atoms with Crippen LogP contribution in [0.4, 0.5) is 0 Å². The Morgan fingerprint density at radius 2 is 1.93 bits per heavy atom. The molecule has 4 N–H and O–H groups in total.